The number of halogens is 1. The Balaban J connectivity index is 1.01. The smallest absolute Gasteiger partial charge is 0.336 e. The van der Waals surface area contributed by atoms with Gasteiger partial charge in [0, 0.05) is 77.9 Å². The molecule has 6 N–H and O–H groups in total. The maximum atomic E-state index is 12.8. The molecule has 56 heavy (non-hydrogen) atoms. The van der Waals surface area contributed by atoms with E-state index in [1.54, 1.807) is 24.3 Å². The van der Waals surface area contributed by atoms with E-state index >= 15 is 0 Å². The molecule has 0 saturated carbocycles. The van der Waals surface area contributed by atoms with Crippen molar-refractivity contribution >= 4 is 105 Å². The van der Waals surface area contributed by atoms with Crippen molar-refractivity contribution in [2.24, 2.45) is 0 Å². The molecule has 1 aliphatic heterocycles. The van der Waals surface area contributed by atoms with E-state index in [9.17, 15) is 19.8 Å². The van der Waals surface area contributed by atoms with Gasteiger partial charge in [0.1, 0.15) is 22.9 Å². The Morgan fingerprint density at radius 3 is 2.34 bits per heavy atom. The normalized spacial score (nSPS) is 11.7. The van der Waals surface area contributed by atoms with Gasteiger partial charge in [0.05, 0.1) is 16.6 Å². The van der Waals surface area contributed by atoms with Crippen LogP contribution >= 0.6 is 28.1 Å². The predicted molar refractivity (Wildman–Crippen MR) is 229 cm³/mol. The highest BCUT2D eigenvalue weighted by molar-refractivity contribution is 9.10. The van der Waals surface area contributed by atoms with E-state index < -0.39 is 5.97 Å². The summed E-state index contributed by atoms with van der Waals surface area (Å²) in [4.78, 5) is 37.1. The summed E-state index contributed by atoms with van der Waals surface area (Å²) >= 11 is 9.35. The highest BCUT2D eigenvalue weighted by atomic mass is 79.9. The molecule has 8 aromatic rings. The van der Waals surface area contributed by atoms with Gasteiger partial charge in [0.2, 0.25) is 0 Å². The van der Waals surface area contributed by atoms with Crippen molar-refractivity contribution in [1.29, 1.82) is 0 Å². The van der Waals surface area contributed by atoms with Crippen LogP contribution in [0.5, 0.6) is 5.75 Å². The number of aromatic amines is 2. The van der Waals surface area contributed by atoms with Crippen LogP contribution in [0.1, 0.15) is 10.4 Å². The molecule has 0 unspecified atom stereocenters. The van der Waals surface area contributed by atoms with E-state index in [1.807, 2.05) is 42.6 Å². The molecular formula is C44H26BrN5O5S. The quantitative estimate of drug-likeness (QED) is 0.0565. The number of imidazole rings is 1. The van der Waals surface area contributed by atoms with Crippen molar-refractivity contribution in [3.63, 3.8) is 0 Å². The molecule has 0 radical (unpaired) electrons. The van der Waals surface area contributed by atoms with Crippen LogP contribution in [0.25, 0.3) is 88.3 Å². The molecule has 0 atom stereocenters. The number of aromatic hydroxyl groups is 1. The topological polar surface area (TPSA) is 156 Å². The zero-order valence-corrected chi connectivity index (χ0v) is 31.3. The number of H-pyrrole nitrogens is 2. The summed E-state index contributed by atoms with van der Waals surface area (Å²) in [5, 5.41) is 33.0. The van der Waals surface area contributed by atoms with Crippen LogP contribution in [0.2, 0.25) is 0 Å². The Morgan fingerprint density at radius 1 is 0.750 bits per heavy atom. The Bertz CT molecular complexity index is 3330. The number of anilines is 2. The lowest BCUT2D eigenvalue weighted by molar-refractivity contribution is 0.0697. The number of rotatable bonds is 5. The number of hydrogen-bond donors (Lipinski definition) is 6. The van der Waals surface area contributed by atoms with Gasteiger partial charge in [-0.1, -0.05) is 52.3 Å². The lowest BCUT2D eigenvalue weighted by Gasteiger charge is -2.18. The third-order valence-corrected chi connectivity index (χ3v) is 10.8. The Kier molecular flexibility index (Phi) is 7.66. The number of carboxylic acids is 1. The lowest BCUT2D eigenvalue weighted by Crippen LogP contribution is -2.19. The molecule has 0 saturated heterocycles. The lowest BCUT2D eigenvalue weighted by atomic mass is 9.90. The average molecular weight is 817 g/mol. The minimum absolute atomic E-state index is 0.00320. The number of benzene rings is 7. The second kappa shape index (κ2) is 12.8. The van der Waals surface area contributed by atoms with E-state index in [-0.39, 0.29) is 27.6 Å². The van der Waals surface area contributed by atoms with Gasteiger partial charge in [0.15, 0.2) is 10.5 Å². The summed E-state index contributed by atoms with van der Waals surface area (Å²) in [6, 6.07) is 34.3. The van der Waals surface area contributed by atoms with Gasteiger partial charge in [-0.05, 0) is 95.3 Å². The zero-order valence-electron chi connectivity index (χ0n) is 28.9. The first kappa shape index (κ1) is 33.5. The summed E-state index contributed by atoms with van der Waals surface area (Å²) < 4.78 is 6.94. The summed E-state index contributed by atoms with van der Waals surface area (Å²) in [5.41, 5.74) is 6.45. The van der Waals surface area contributed by atoms with Crippen molar-refractivity contribution in [1.82, 2.24) is 15.0 Å². The van der Waals surface area contributed by atoms with Gasteiger partial charge in [-0.15, -0.1) is 0 Å². The molecule has 12 heteroatoms. The molecule has 0 fully saturated rings. The second-order valence-electron chi connectivity index (χ2n) is 13.5. The molecular weight excluding hydrogens is 790 g/mol. The van der Waals surface area contributed by atoms with E-state index in [4.69, 9.17) is 21.6 Å². The Hall–Kier alpha value is -7.02. The van der Waals surface area contributed by atoms with Crippen molar-refractivity contribution < 1.29 is 19.4 Å². The fourth-order valence-electron chi connectivity index (χ4n) is 7.63. The zero-order chi connectivity index (χ0) is 38.2. The van der Waals surface area contributed by atoms with Crippen LogP contribution in [0.3, 0.4) is 0 Å². The largest absolute Gasteiger partial charge is 0.508 e. The maximum absolute atomic E-state index is 12.8. The van der Waals surface area contributed by atoms with Crippen molar-refractivity contribution in [2.75, 3.05) is 10.6 Å². The predicted octanol–water partition coefficient (Wildman–Crippen LogP) is 10.9. The maximum Gasteiger partial charge on any atom is 0.336 e. The minimum Gasteiger partial charge on any atom is -0.508 e. The highest BCUT2D eigenvalue weighted by Crippen LogP contribution is 2.43. The van der Waals surface area contributed by atoms with E-state index in [1.165, 1.54) is 30.3 Å². The fraction of sp³-hybridized carbons (Fsp3) is 0. The number of nitrogens with one attached hydrogen (secondary N) is 4. The van der Waals surface area contributed by atoms with E-state index in [0.717, 1.165) is 65.0 Å². The number of hydrogen-bond acceptors (Lipinski definition) is 6. The average Bonchev–Trinajstić information content (AvgIpc) is 3.82. The molecule has 0 amide bonds. The molecule has 6 aromatic carbocycles. The number of thiocarbonyl (C=S) groups is 1. The van der Waals surface area contributed by atoms with Gasteiger partial charge in [-0.2, -0.15) is 0 Å². The molecule has 270 valence electrons. The number of carbonyl (C=O) groups is 1. The molecule has 10 nitrogen and oxygen atoms in total. The molecule has 1 aliphatic carbocycles. The van der Waals surface area contributed by atoms with Crippen LogP contribution in [-0.2, 0) is 0 Å². The SMILES string of the molecule is O=C(O)c1cc(NC(=S)Nc2ccc3c4ccccc4c4nc(-c5c[nH]c6ccc(Br)cc56)[nH]c4c3c2)ccc1-c1c2ccc(=O)cc-2oc2cc(O)ccc12. The first-order valence-corrected chi connectivity index (χ1v) is 18.7. The molecule has 0 bridgehead atoms. The Labute approximate surface area is 329 Å². The second-order valence-corrected chi connectivity index (χ2v) is 14.8. The summed E-state index contributed by atoms with van der Waals surface area (Å²) in [6.45, 7) is 0. The van der Waals surface area contributed by atoms with E-state index in [2.05, 4.69) is 60.8 Å². The van der Waals surface area contributed by atoms with E-state index in [0.29, 0.717) is 33.3 Å². The standard InChI is InChI=1S/C44H26BrN5O5S/c45-21-5-14-36-32(15-21)35(20-46-36)42-49-40-29-4-2-1-3-26(29)27-10-6-22(16-33(27)41(40)50-42)47-44(56)48-23-7-11-28(34(17-23)43(53)54)39-30-12-8-24(51)18-37(30)55-38-19-25(52)9-13-31(38)39/h1-20,46,51H,(H,49,50)(H,53,54)(H2,47,48,56). The van der Waals surface area contributed by atoms with Crippen LogP contribution < -0.4 is 16.1 Å². The fourth-order valence-corrected chi connectivity index (χ4v) is 8.22. The first-order valence-electron chi connectivity index (χ1n) is 17.4. The number of phenols is 1. The number of fused-ring (bicyclic) bond motifs is 9. The third-order valence-electron chi connectivity index (χ3n) is 10.1. The molecule has 0 spiro atoms. The Morgan fingerprint density at radius 2 is 1.50 bits per heavy atom. The number of phenolic OH excluding ortho intramolecular Hbond substituents is 1. The number of carboxylic acid groups (broad SMARTS) is 1. The summed E-state index contributed by atoms with van der Waals surface area (Å²) in [7, 11) is 0. The molecule has 2 aromatic heterocycles. The third kappa shape index (κ3) is 5.53. The molecule has 3 heterocycles. The monoisotopic (exact) mass is 815 g/mol. The van der Waals surface area contributed by atoms with Crippen LogP contribution in [0.4, 0.5) is 11.4 Å². The van der Waals surface area contributed by atoms with Crippen molar-refractivity contribution in [3.05, 3.63) is 142 Å². The minimum atomic E-state index is -1.16. The summed E-state index contributed by atoms with van der Waals surface area (Å²) in [5.74, 6) is -0.169. The van der Waals surface area contributed by atoms with Gasteiger partial charge in [0.25, 0.3) is 0 Å². The molecule has 2 aliphatic rings. The number of aromatic nitrogens is 3. The van der Waals surface area contributed by atoms with Crippen molar-refractivity contribution in [3.8, 4) is 39.6 Å². The number of aromatic carboxylic acids is 1. The van der Waals surface area contributed by atoms with Crippen LogP contribution in [-0.4, -0.2) is 36.2 Å². The first-order chi connectivity index (χ1) is 27.2. The van der Waals surface area contributed by atoms with Crippen molar-refractivity contribution in [2.45, 2.75) is 0 Å². The van der Waals surface area contributed by atoms with Crippen LogP contribution in [0.15, 0.2) is 135 Å². The molecule has 10 rings (SSSR count). The van der Waals surface area contributed by atoms with Gasteiger partial charge < -0.3 is 35.2 Å². The van der Waals surface area contributed by atoms with Gasteiger partial charge >= 0.3 is 5.97 Å². The van der Waals surface area contributed by atoms with Gasteiger partial charge in [-0.25, -0.2) is 9.78 Å². The van der Waals surface area contributed by atoms with Crippen LogP contribution in [0, 0.1) is 0 Å². The highest BCUT2D eigenvalue weighted by Gasteiger charge is 2.23. The summed E-state index contributed by atoms with van der Waals surface area (Å²) in [6.07, 6.45) is 1.97. The number of nitrogens with zero attached hydrogens (tertiary/aromatic N) is 1. The van der Waals surface area contributed by atoms with Gasteiger partial charge in [-0.3, -0.25) is 4.79 Å².